The van der Waals surface area contributed by atoms with Crippen molar-refractivity contribution in [2.24, 2.45) is 5.73 Å². The number of primary amides is 1. The van der Waals surface area contributed by atoms with Crippen LogP contribution >= 0.6 is 0 Å². The summed E-state index contributed by atoms with van der Waals surface area (Å²) in [6, 6.07) is 8.13. The third-order valence-electron chi connectivity index (χ3n) is 3.15. The Balaban J connectivity index is 2.14. The zero-order valence-corrected chi connectivity index (χ0v) is 10.1. The van der Waals surface area contributed by atoms with Crippen LogP contribution in [0.4, 0.5) is 5.69 Å². The minimum atomic E-state index is -0.371. The Kier molecular flexibility index (Phi) is 3.64. The van der Waals surface area contributed by atoms with Crippen molar-refractivity contribution < 1.29 is 4.79 Å². The van der Waals surface area contributed by atoms with Crippen molar-refractivity contribution in [3.05, 3.63) is 29.8 Å². The molecule has 0 aromatic heterocycles. The lowest BCUT2D eigenvalue weighted by Gasteiger charge is -2.39. The molecule has 0 aliphatic carbocycles. The Labute approximate surface area is 102 Å². The summed E-state index contributed by atoms with van der Waals surface area (Å²) in [6.45, 7) is 5.30. The maximum atomic E-state index is 11.0. The Morgan fingerprint density at radius 3 is 2.47 bits per heavy atom. The molecule has 1 aliphatic rings. The van der Waals surface area contributed by atoms with Gasteiger partial charge in [-0.1, -0.05) is 6.92 Å². The van der Waals surface area contributed by atoms with Gasteiger partial charge in [0, 0.05) is 30.9 Å². The summed E-state index contributed by atoms with van der Waals surface area (Å²) < 4.78 is 0. The smallest absolute Gasteiger partial charge is 0.248 e. The minimum Gasteiger partial charge on any atom is -0.366 e. The molecule has 1 heterocycles. The molecule has 0 atom stereocenters. The van der Waals surface area contributed by atoms with Crippen LogP contribution in [0.15, 0.2) is 24.3 Å². The molecule has 4 heteroatoms. The van der Waals surface area contributed by atoms with E-state index in [1.54, 1.807) is 12.1 Å². The average Bonchev–Trinajstić information content (AvgIpc) is 2.26. The zero-order valence-electron chi connectivity index (χ0n) is 10.1. The van der Waals surface area contributed by atoms with E-state index in [0.717, 1.165) is 26.1 Å². The summed E-state index contributed by atoms with van der Waals surface area (Å²) in [5, 5.41) is 3.28. The number of hydrogen-bond donors (Lipinski definition) is 2. The first-order valence-electron chi connectivity index (χ1n) is 6.09. The number of benzene rings is 1. The SMILES string of the molecule is CCCN(c1ccc(C(N)=O)cc1)C1CNC1. The third kappa shape index (κ3) is 2.58. The van der Waals surface area contributed by atoms with Crippen molar-refractivity contribution >= 4 is 11.6 Å². The summed E-state index contributed by atoms with van der Waals surface area (Å²) in [6.07, 6.45) is 1.12. The van der Waals surface area contributed by atoms with E-state index in [-0.39, 0.29) is 5.91 Å². The van der Waals surface area contributed by atoms with E-state index in [0.29, 0.717) is 11.6 Å². The molecule has 3 N–H and O–H groups in total. The van der Waals surface area contributed by atoms with Crippen LogP contribution in [-0.2, 0) is 0 Å². The number of carbonyl (C=O) groups is 1. The van der Waals surface area contributed by atoms with Crippen LogP contribution in [0.5, 0.6) is 0 Å². The third-order valence-corrected chi connectivity index (χ3v) is 3.15. The summed E-state index contributed by atoms with van der Waals surface area (Å²) in [5.41, 5.74) is 6.97. The number of hydrogen-bond acceptors (Lipinski definition) is 3. The van der Waals surface area contributed by atoms with Gasteiger partial charge in [0.05, 0.1) is 6.04 Å². The Morgan fingerprint density at radius 1 is 1.41 bits per heavy atom. The van der Waals surface area contributed by atoms with E-state index in [1.807, 2.05) is 12.1 Å². The van der Waals surface area contributed by atoms with Crippen LogP contribution in [0.3, 0.4) is 0 Å². The largest absolute Gasteiger partial charge is 0.366 e. The predicted molar refractivity (Wildman–Crippen MR) is 69.3 cm³/mol. The lowest BCUT2D eigenvalue weighted by Crippen LogP contribution is -2.57. The van der Waals surface area contributed by atoms with Crippen molar-refractivity contribution in [2.45, 2.75) is 19.4 Å². The van der Waals surface area contributed by atoms with Gasteiger partial charge in [-0.3, -0.25) is 4.79 Å². The quantitative estimate of drug-likeness (QED) is 0.797. The second-order valence-corrected chi connectivity index (χ2v) is 4.42. The second-order valence-electron chi connectivity index (χ2n) is 4.42. The van der Waals surface area contributed by atoms with E-state index in [1.165, 1.54) is 5.69 Å². The fourth-order valence-electron chi connectivity index (χ4n) is 2.07. The van der Waals surface area contributed by atoms with Crippen LogP contribution in [0.1, 0.15) is 23.7 Å². The molecule has 92 valence electrons. The summed E-state index contributed by atoms with van der Waals surface area (Å²) in [5.74, 6) is -0.371. The molecule has 0 bridgehead atoms. The van der Waals surface area contributed by atoms with Crippen LogP contribution in [0.2, 0.25) is 0 Å². The highest BCUT2D eigenvalue weighted by Crippen LogP contribution is 2.20. The first kappa shape index (κ1) is 11.9. The normalized spacial score (nSPS) is 15.4. The monoisotopic (exact) mass is 233 g/mol. The van der Waals surface area contributed by atoms with Gasteiger partial charge in [0.25, 0.3) is 0 Å². The number of nitrogens with one attached hydrogen (secondary N) is 1. The lowest BCUT2D eigenvalue weighted by atomic mass is 10.1. The molecule has 17 heavy (non-hydrogen) atoms. The summed E-state index contributed by atoms with van der Waals surface area (Å²) in [4.78, 5) is 13.4. The van der Waals surface area contributed by atoms with Crippen molar-refractivity contribution in [1.29, 1.82) is 0 Å². The maximum absolute atomic E-state index is 11.0. The molecule has 1 saturated heterocycles. The molecular weight excluding hydrogens is 214 g/mol. The van der Waals surface area contributed by atoms with Crippen LogP contribution in [0, 0.1) is 0 Å². The number of rotatable bonds is 5. The minimum absolute atomic E-state index is 0.371. The second kappa shape index (κ2) is 5.19. The molecule has 2 rings (SSSR count). The van der Waals surface area contributed by atoms with Crippen LogP contribution < -0.4 is 16.0 Å². The number of amides is 1. The lowest BCUT2D eigenvalue weighted by molar-refractivity contribution is 0.100. The first-order chi connectivity index (χ1) is 8.22. The Bertz CT molecular complexity index is 384. The predicted octanol–water partition coefficient (Wildman–Crippen LogP) is 0.974. The number of nitrogens with two attached hydrogens (primary N) is 1. The van der Waals surface area contributed by atoms with E-state index in [9.17, 15) is 4.79 Å². The van der Waals surface area contributed by atoms with Gasteiger partial charge < -0.3 is 16.0 Å². The summed E-state index contributed by atoms with van der Waals surface area (Å²) in [7, 11) is 0. The molecule has 1 aromatic carbocycles. The molecule has 1 aromatic rings. The molecule has 1 aliphatic heterocycles. The van der Waals surface area contributed by atoms with Crippen LogP contribution in [-0.4, -0.2) is 31.6 Å². The molecule has 0 unspecified atom stereocenters. The fourth-order valence-corrected chi connectivity index (χ4v) is 2.07. The van der Waals surface area contributed by atoms with Gasteiger partial charge in [-0.2, -0.15) is 0 Å². The number of nitrogens with zero attached hydrogens (tertiary/aromatic N) is 1. The van der Waals surface area contributed by atoms with Gasteiger partial charge in [0.1, 0.15) is 0 Å². The van der Waals surface area contributed by atoms with E-state index >= 15 is 0 Å². The van der Waals surface area contributed by atoms with Gasteiger partial charge in [0.15, 0.2) is 0 Å². The zero-order chi connectivity index (χ0) is 12.3. The highest BCUT2D eigenvalue weighted by molar-refractivity contribution is 5.93. The van der Waals surface area contributed by atoms with Gasteiger partial charge in [-0.15, -0.1) is 0 Å². The van der Waals surface area contributed by atoms with Crippen molar-refractivity contribution in [3.63, 3.8) is 0 Å². The van der Waals surface area contributed by atoms with Crippen molar-refractivity contribution in [3.8, 4) is 0 Å². The molecule has 4 nitrogen and oxygen atoms in total. The number of anilines is 1. The first-order valence-corrected chi connectivity index (χ1v) is 6.09. The van der Waals surface area contributed by atoms with Gasteiger partial charge in [-0.25, -0.2) is 0 Å². The summed E-state index contributed by atoms with van der Waals surface area (Å²) >= 11 is 0. The number of carbonyl (C=O) groups excluding carboxylic acids is 1. The van der Waals surface area contributed by atoms with Gasteiger partial charge >= 0.3 is 0 Å². The molecule has 1 amide bonds. The van der Waals surface area contributed by atoms with Gasteiger partial charge in [-0.05, 0) is 30.7 Å². The van der Waals surface area contributed by atoms with E-state index in [4.69, 9.17) is 5.73 Å². The van der Waals surface area contributed by atoms with E-state index < -0.39 is 0 Å². The van der Waals surface area contributed by atoms with Crippen molar-refractivity contribution in [1.82, 2.24) is 5.32 Å². The highest BCUT2D eigenvalue weighted by Gasteiger charge is 2.24. The molecule has 0 radical (unpaired) electrons. The fraction of sp³-hybridized carbons (Fsp3) is 0.462. The molecule has 1 fully saturated rings. The van der Waals surface area contributed by atoms with Crippen molar-refractivity contribution in [2.75, 3.05) is 24.5 Å². The van der Waals surface area contributed by atoms with Crippen LogP contribution in [0.25, 0.3) is 0 Å². The highest BCUT2D eigenvalue weighted by atomic mass is 16.1. The molecule has 0 saturated carbocycles. The van der Waals surface area contributed by atoms with E-state index in [2.05, 4.69) is 17.1 Å². The molecule has 0 spiro atoms. The topological polar surface area (TPSA) is 58.4 Å². The Morgan fingerprint density at radius 2 is 2.06 bits per heavy atom. The Hall–Kier alpha value is -1.55. The maximum Gasteiger partial charge on any atom is 0.248 e. The van der Waals surface area contributed by atoms with Gasteiger partial charge in [0.2, 0.25) is 5.91 Å². The molecular formula is C13H19N3O. The average molecular weight is 233 g/mol. The standard InChI is InChI=1S/C13H19N3O/c1-2-7-16(12-8-15-9-12)11-5-3-10(4-6-11)13(14)17/h3-6,12,15H,2,7-9H2,1H3,(H2,14,17).